The molecule has 2 atom stereocenters. The Balaban J connectivity index is 1.97. The van der Waals surface area contributed by atoms with E-state index in [4.69, 9.17) is 0 Å². The number of hydrogen-bond donors (Lipinski definition) is 2. The molecule has 1 aromatic rings. The zero-order valence-corrected chi connectivity index (χ0v) is 10.7. The van der Waals surface area contributed by atoms with E-state index in [-0.39, 0.29) is 12.1 Å². The van der Waals surface area contributed by atoms with Gasteiger partial charge in [-0.1, -0.05) is 0 Å². The maximum absolute atomic E-state index is 9.44. The van der Waals surface area contributed by atoms with Crippen LogP contribution in [-0.4, -0.2) is 30.3 Å². The molecule has 3 heteroatoms. The Bertz CT molecular complexity index is 342. The highest BCUT2D eigenvalue weighted by Gasteiger charge is 2.12. The summed E-state index contributed by atoms with van der Waals surface area (Å²) in [7, 11) is 0. The molecule has 94 valence electrons. The molecule has 0 spiro atoms. The van der Waals surface area contributed by atoms with Gasteiger partial charge in [0.05, 0.1) is 6.10 Å². The van der Waals surface area contributed by atoms with E-state index in [9.17, 15) is 5.11 Å². The van der Waals surface area contributed by atoms with Gasteiger partial charge in [0.1, 0.15) is 0 Å². The quantitative estimate of drug-likeness (QED) is 0.840. The van der Waals surface area contributed by atoms with Crippen molar-refractivity contribution < 1.29 is 5.11 Å². The van der Waals surface area contributed by atoms with Crippen LogP contribution in [0.2, 0.25) is 0 Å². The van der Waals surface area contributed by atoms with Crippen LogP contribution in [0, 0.1) is 0 Å². The summed E-state index contributed by atoms with van der Waals surface area (Å²) in [5.41, 5.74) is 2.37. The summed E-state index contributed by atoms with van der Waals surface area (Å²) in [5.74, 6) is 0. The molecular formula is C14H22N2O. The second-order valence-electron chi connectivity index (χ2n) is 4.91. The zero-order chi connectivity index (χ0) is 12.3. The summed E-state index contributed by atoms with van der Waals surface area (Å²) in [6, 6.07) is 8.57. The molecule has 2 unspecified atom stereocenters. The second-order valence-corrected chi connectivity index (χ2v) is 4.91. The number of benzene rings is 1. The van der Waals surface area contributed by atoms with Crippen LogP contribution in [0.4, 0.5) is 11.4 Å². The third-order valence-electron chi connectivity index (χ3n) is 3.46. The smallest absolute Gasteiger partial charge is 0.0710 e. The average molecular weight is 234 g/mol. The fourth-order valence-electron chi connectivity index (χ4n) is 2.13. The predicted molar refractivity (Wildman–Crippen MR) is 72.7 cm³/mol. The van der Waals surface area contributed by atoms with E-state index in [1.54, 1.807) is 6.92 Å². The van der Waals surface area contributed by atoms with Crippen molar-refractivity contribution in [3.05, 3.63) is 24.3 Å². The van der Waals surface area contributed by atoms with Crippen molar-refractivity contribution in [2.45, 2.75) is 38.8 Å². The molecule has 0 saturated carbocycles. The van der Waals surface area contributed by atoms with Crippen molar-refractivity contribution in [3.63, 3.8) is 0 Å². The van der Waals surface area contributed by atoms with Crippen LogP contribution in [0.1, 0.15) is 26.7 Å². The topological polar surface area (TPSA) is 35.5 Å². The van der Waals surface area contributed by atoms with Gasteiger partial charge in [-0.05, 0) is 51.0 Å². The highest BCUT2D eigenvalue weighted by atomic mass is 16.3. The highest BCUT2D eigenvalue weighted by molar-refractivity contribution is 5.55. The van der Waals surface area contributed by atoms with E-state index < -0.39 is 0 Å². The average Bonchev–Trinajstić information content (AvgIpc) is 2.83. The number of aliphatic hydroxyl groups is 1. The summed E-state index contributed by atoms with van der Waals surface area (Å²) in [5, 5.41) is 12.7. The Hall–Kier alpha value is -1.22. The molecule has 1 aromatic carbocycles. The first kappa shape index (κ1) is 12.2. The van der Waals surface area contributed by atoms with Gasteiger partial charge >= 0.3 is 0 Å². The molecule has 1 saturated heterocycles. The van der Waals surface area contributed by atoms with Gasteiger partial charge in [0.15, 0.2) is 0 Å². The number of rotatable bonds is 4. The number of nitrogens with one attached hydrogen (secondary N) is 1. The third kappa shape index (κ3) is 3.13. The third-order valence-corrected chi connectivity index (χ3v) is 3.46. The van der Waals surface area contributed by atoms with Crippen LogP contribution in [0.15, 0.2) is 24.3 Å². The monoisotopic (exact) mass is 234 g/mol. The summed E-state index contributed by atoms with van der Waals surface area (Å²) in [4.78, 5) is 2.42. The van der Waals surface area contributed by atoms with Crippen molar-refractivity contribution in [3.8, 4) is 0 Å². The van der Waals surface area contributed by atoms with Gasteiger partial charge in [-0.25, -0.2) is 0 Å². The first-order valence-corrected chi connectivity index (χ1v) is 6.46. The molecule has 1 heterocycles. The Kier molecular flexibility index (Phi) is 3.89. The molecule has 0 bridgehead atoms. The number of nitrogens with zero attached hydrogens (tertiary/aromatic N) is 1. The SMILES string of the molecule is CC(O)C(C)Nc1ccc(N2CCCC2)cc1. The highest BCUT2D eigenvalue weighted by Crippen LogP contribution is 2.22. The molecule has 2 N–H and O–H groups in total. The normalized spacial score (nSPS) is 19.1. The van der Waals surface area contributed by atoms with Crippen molar-refractivity contribution in [1.29, 1.82) is 0 Å². The number of aliphatic hydroxyl groups excluding tert-OH is 1. The van der Waals surface area contributed by atoms with E-state index in [0.717, 1.165) is 5.69 Å². The van der Waals surface area contributed by atoms with Crippen molar-refractivity contribution in [1.82, 2.24) is 0 Å². The molecular weight excluding hydrogens is 212 g/mol. The first-order valence-electron chi connectivity index (χ1n) is 6.46. The van der Waals surface area contributed by atoms with Gasteiger partial charge < -0.3 is 15.3 Å². The van der Waals surface area contributed by atoms with Crippen molar-refractivity contribution in [2.75, 3.05) is 23.3 Å². The second kappa shape index (κ2) is 5.41. The number of hydrogen-bond acceptors (Lipinski definition) is 3. The molecule has 3 nitrogen and oxygen atoms in total. The Labute approximate surface area is 103 Å². The minimum absolute atomic E-state index is 0.0765. The molecule has 0 radical (unpaired) electrons. The predicted octanol–water partition coefficient (Wildman–Crippen LogP) is 2.47. The molecule has 17 heavy (non-hydrogen) atoms. The summed E-state index contributed by atoms with van der Waals surface area (Å²) < 4.78 is 0. The zero-order valence-electron chi connectivity index (χ0n) is 10.7. The van der Waals surface area contributed by atoms with Crippen LogP contribution in [-0.2, 0) is 0 Å². The fourth-order valence-corrected chi connectivity index (χ4v) is 2.13. The lowest BCUT2D eigenvalue weighted by Gasteiger charge is -2.20. The Morgan fingerprint density at radius 1 is 1.12 bits per heavy atom. The molecule has 1 aliphatic heterocycles. The maximum Gasteiger partial charge on any atom is 0.0710 e. The van der Waals surface area contributed by atoms with Gasteiger partial charge in [0.2, 0.25) is 0 Å². The van der Waals surface area contributed by atoms with Crippen LogP contribution >= 0.6 is 0 Å². The molecule has 2 rings (SSSR count). The van der Waals surface area contributed by atoms with E-state index in [2.05, 4.69) is 34.5 Å². The lowest BCUT2D eigenvalue weighted by atomic mass is 10.2. The van der Waals surface area contributed by atoms with E-state index >= 15 is 0 Å². The molecule has 0 aromatic heterocycles. The fraction of sp³-hybridized carbons (Fsp3) is 0.571. The lowest BCUT2D eigenvalue weighted by molar-refractivity contribution is 0.178. The minimum atomic E-state index is -0.340. The summed E-state index contributed by atoms with van der Waals surface area (Å²) >= 11 is 0. The minimum Gasteiger partial charge on any atom is -0.391 e. The Morgan fingerprint density at radius 2 is 1.71 bits per heavy atom. The van der Waals surface area contributed by atoms with Gasteiger partial charge in [0, 0.05) is 30.5 Å². The maximum atomic E-state index is 9.44. The van der Waals surface area contributed by atoms with E-state index in [1.165, 1.54) is 31.6 Å². The lowest BCUT2D eigenvalue weighted by Crippen LogP contribution is -2.27. The van der Waals surface area contributed by atoms with Crippen LogP contribution < -0.4 is 10.2 Å². The van der Waals surface area contributed by atoms with Crippen LogP contribution in [0.25, 0.3) is 0 Å². The molecule has 0 aliphatic carbocycles. The first-order chi connectivity index (χ1) is 8.16. The Morgan fingerprint density at radius 3 is 2.24 bits per heavy atom. The standard InChI is InChI=1S/C14H22N2O/c1-11(12(2)17)15-13-5-7-14(8-6-13)16-9-3-4-10-16/h5-8,11-12,15,17H,3-4,9-10H2,1-2H3. The van der Waals surface area contributed by atoms with E-state index in [1.807, 2.05) is 6.92 Å². The van der Waals surface area contributed by atoms with Gasteiger partial charge in [-0.3, -0.25) is 0 Å². The summed E-state index contributed by atoms with van der Waals surface area (Å²) in [6.07, 6.45) is 2.27. The molecule has 0 amide bonds. The van der Waals surface area contributed by atoms with Gasteiger partial charge in [-0.2, -0.15) is 0 Å². The molecule has 1 fully saturated rings. The molecule has 1 aliphatic rings. The van der Waals surface area contributed by atoms with Crippen molar-refractivity contribution >= 4 is 11.4 Å². The van der Waals surface area contributed by atoms with Crippen LogP contribution in [0.3, 0.4) is 0 Å². The van der Waals surface area contributed by atoms with Crippen molar-refractivity contribution in [2.24, 2.45) is 0 Å². The van der Waals surface area contributed by atoms with E-state index in [0.29, 0.717) is 0 Å². The van der Waals surface area contributed by atoms with Gasteiger partial charge in [0.25, 0.3) is 0 Å². The summed E-state index contributed by atoms with van der Waals surface area (Å²) in [6.45, 7) is 6.14. The number of anilines is 2. The van der Waals surface area contributed by atoms with Crippen LogP contribution in [0.5, 0.6) is 0 Å². The largest absolute Gasteiger partial charge is 0.391 e. The van der Waals surface area contributed by atoms with Gasteiger partial charge in [-0.15, -0.1) is 0 Å².